The Morgan fingerprint density at radius 3 is 2.94 bits per heavy atom. The van der Waals surface area contributed by atoms with Gasteiger partial charge in [-0.25, -0.2) is 4.98 Å². The van der Waals surface area contributed by atoms with Crippen LogP contribution in [-0.2, 0) is 13.0 Å². The van der Waals surface area contributed by atoms with Crippen molar-refractivity contribution in [2.75, 3.05) is 6.54 Å². The molecule has 4 heteroatoms. The zero-order valence-corrected chi connectivity index (χ0v) is 9.62. The first-order chi connectivity index (χ1) is 7.85. The molecule has 0 aliphatic carbocycles. The lowest BCUT2D eigenvalue weighted by Crippen LogP contribution is -2.11. The molecule has 0 spiro atoms. The van der Waals surface area contributed by atoms with Gasteiger partial charge in [0, 0.05) is 13.0 Å². The number of aromatic nitrogens is 1. The fraction of sp³-hybridized carbons (Fsp3) is 0.417. The number of aryl methyl sites for hydroxylation is 1. The monoisotopic (exact) mass is 220 g/mol. The lowest BCUT2D eigenvalue weighted by Gasteiger charge is -1.95. The summed E-state index contributed by atoms with van der Waals surface area (Å²) < 4.78 is 10.8. The van der Waals surface area contributed by atoms with E-state index >= 15 is 0 Å². The van der Waals surface area contributed by atoms with Gasteiger partial charge in [0.2, 0.25) is 5.89 Å². The molecular formula is C12H16N2O2. The summed E-state index contributed by atoms with van der Waals surface area (Å²) >= 11 is 0. The minimum Gasteiger partial charge on any atom is -0.469 e. The van der Waals surface area contributed by atoms with Crippen LogP contribution in [0.3, 0.4) is 0 Å². The summed E-state index contributed by atoms with van der Waals surface area (Å²) in [6.07, 6.45) is 4.19. The fourth-order valence-corrected chi connectivity index (χ4v) is 1.57. The molecule has 0 atom stereocenters. The van der Waals surface area contributed by atoms with Crippen molar-refractivity contribution in [3.63, 3.8) is 0 Å². The third-order valence-corrected chi connectivity index (χ3v) is 2.40. The fourth-order valence-electron chi connectivity index (χ4n) is 1.57. The van der Waals surface area contributed by atoms with Crippen molar-refractivity contribution in [1.29, 1.82) is 0 Å². The molecule has 2 heterocycles. The summed E-state index contributed by atoms with van der Waals surface area (Å²) in [6.45, 7) is 5.77. The molecule has 0 fully saturated rings. The smallest absolute Gasteiger partial charge is 0.229 e. The van der Waals surface area contributed by atoms with Crippen LogP contribution in [0, 0.1) is 0 Å². The molecule has 0 radical (unpaired) electrons. The summed E-state index contributed by atoms with van der Waals surface area (Å²) in [5.41, 5.74) is 1.87. The van der Waals surface area contributed by atoms with Gasteiger partial charge in [-0.3, -0.25) is 0 Å². The van der Waals surface area contributed by atoms with Gasteiger partial charge in [0.25, 0.3) is 0 Å². The van der Waals surface area contributed by atoms with Crippen molar-refractivity contribution in [3.8, 4) is 11.5 Å². The predicted octanol–water partition coefficient (Wildman–Crippen LogP) is 2.61. The number of oxazole rings is 1. The molecule has 2 rings (SSSR count). The number of hydrogen-bond donors (Lipinski definition) is 1. The molecule has 0 amide bonds. The molecule has 1 N–H and O–H groups in total. The van der Waals surface area contributed by atoms with Crippen LogP contribution in [0.25, 0.3) is 11.5 Å². The van der Waals surface area contributed by atoms with E-state index in [1.54, 1.807) is 12.5 Å². The molecule has 0 aliphatic heterocycles. The molecule has 16 heavy (non-hydrogen) atoms. The Labute approximate surface area is 94.7 Å². The Bertz CT molecular complexity index is 445. The molecule has 0 unspecified atom stereocenters. The van der Waals surface area contributed by atoms with E-state index in [4.69, 9.17) is 8.83 Å². The molecule has 2 aromatic rings. The van der Waals surface area contributed by atoms with Crippen LogP contribution in [-0.4, -0.2) is 11.5 Å². The van der Waals surface area contributed by atoms with Crippen molar-refractivity contribution >= 4 is 0 Å². The standard InChI is InChI=1S/C12H16N2O2/c1-3-11-10(5-6-15-11)12-14-9(8-16-12)7-13-4-2/h5-6,8,13H,3-4,7H2,1-2H3. The normalized spacial score (nSPS) is 10.9. The van der Waals surface area contributed by atoms with Crippen LogP contribution < -0.4 is 5.32 Å². The largest absolute Gasteiger partial charge is 0.469 e. The van der Waals surface area contributed by atoms with E-state index in [0.29, 0.717) is 5.89 Å². The molecule has 86 valence electrons. The quantitative estimate of drug-likeness (QED) is 0.841. The highest BCUT2D eigenvalue weighted by Crippen LogP contribution is 2.24. The van der Waals surface area contributed by atoms with E-state index in [2.05, 4.69) is 17.2 Å². The first kappa shape index (κ1) is 11.0. The highest BCUT2D eigenvalue weighted by molar-refractivity contribution is 5.55. The van der Waals surface area contributed by atoms with E-state index in [9.17, 15) is 0 Å². The number of hydrogen-bond acceptors (Lipinski definition) is 4. The second-order valence-corrected chi connectivity index (χ2v) is 3.54. The van der Waals surface area contributed by atoms with Crippen LogP contribution in [0.5, 0.6) is 0 Å². The average Bonchev–Trinajstić information content (AvgIpc) is 2.94. The zero-order valence-electron chi connectivity index (χ0n) is 9.62. The minimum atomic E-state index is 0.638. The van der Waals surface area contributed by atoms with Gasteiger partial charge >= 0.3 is 0 Å². The Morgan fingerprint density at radius 2 is 2.19 bits per heavy atom. The average molecular weight is 220 g/mol. The number of rotatable bonds is 5. The lowest BCUT2D eigenvalue weighted by molar-refractivity contribution is 0.512. The molecule has 0 aromatic carbocycles. The molecule has 0 saturated heterocycles. The van der Waals surface area contributed by atoms with Crippen molar-refractivity contribution in [3.05, 3.63) is 30.0 Å². The van der Waals surface area contributed by atoms with E-state index in [0.717, 1.165) is 36.5 Å². The summed E-state index contributed by atoms with van der Waals surface area (Å²) in [7, 11) is 0. The molecule has 0 aliphatic rings. The predicted molar refractivity (Wildman–Crippen MR) is 61.0 cm³/mol. The Balaban J connectivity index is 2.18. The maximum atomic E-state index is 5.44. The van der Waals surface area contributed by atoms with Gasteiger partial charge in [-0.2, -0.15) is 0 Å². The number of nitrogens with zero attached hydrogens (tertiary/aromatic N) is 1. The van der Waals surface area contributed by atoms with Crippen LogP contribution in [0.1, 0.15) is 25.3 Å². The molecule has 0 bridgehead atoms. The zero-order chi connectivity index (χ0) is 11.4. The van der Waals surface area contributed by atoms with Crippen LogP contribution in [0.4, 0.5) is 0 Å². The summed E-state index contributed by atoms with van der Waals surface area (Å²) in [5.74, 6) is 1.55. The van der Waals surface area contributed by atoms with Crippen LogP contribution >= 0.6 is 0 Å². The van der Waals surface area contributed by atoms with Gasteiger partial charge in [0.15, 0.2) is 0 Å². The van der Waals surface area contributed by atoms with Gasteiger partial charge in [-0.1, -0.05) is 13.8 Å². The maximum absolute atomic E-state index is 5.44. The van der Waals surface area contributed by atoms with E-state index in [1.807, 2.05) is 13.0 Å². The van der Waals surface area contributed by atoms with E-state index in [-0.39, 0.29) is 0 Å². The van der Waals surface area contributed by atoms with Gasteiger partial charge in [-0.15, -0.1) is 0 Å². The lowest BCUT2D eigenvalue weighted by atomic mass is 10.2. The Kier molecular flexibility index (Phi) is 3.41. The number of furan rings is 1. The molecule has 4 nitrogen and oxygen atoms in total. The third-order valence-electron chi connectivity index (χ3n) is 2.40. The highest BCUT2D eigenvalue weighted by atomic mass is 16.4. The van der Waals surface area contributed by atoms with Crippen molar-refractivity contribution in [2.24, 2.45) is 0 Å². The van der Waals surface area contributed by atoms with E-state index < -0.39 is 0 Å². The topological polar surface area (TPSA) is 51.2 Å². The molecule has 2 aromatic heterocycles. The maximum Gasteiger partial charge on any atom is 0.229 e. The van der Waals surface area contributed by atoms with Crippen molar-refractivity contribution < 1.29 is 8.83 Å². The van der Waals surface area contributed by atoms with Crippen LogP contribution in [0.15, 0.2) is 27.4 Å². The first-order valence-electron chi connectivity index (χ1n) is 5.57. The van der Waals surface area contributed by atoms with Gasteiger partial charge < -0.3 is 14.2 Å². The first-order valence-corrected chi connectivity index (χ1v) is 5.57. The third kappa shape index (κ3) is 2.17. The van der Waals surface area contributed by atoms with Gasteiger partial charge in [-0.05, 0) is 12.6 Å². The Morgan fingerprint density at radius 1 is 1.31 bits per heavy atom. The van der Waals surface area contributed by atoms with E-state index in [1.165, 1.54) is 0 Å². The minimum absolute atomic E-state index is 0.638. The molecule has 0 saturated carbocycles. The highest BCUT2D eigenvalue weighted by Gasteiger charge is 2.12. The summed E-state index contributed by atoms with van der Waals surface area (Å²) in [5, 5.41) is 3.21. The second-order valence-electron chi connectivity index (χ2n) is 3.54. The number of nitrogens with one attached hydrogen (secondary N) is 1. The van der Waals surface area contributed by atoms with Crippen molar-refractivity contribution in [2.45, 2.75) is 26.8 Å². The summed E-state index contributed by atoms with van der Waals surface area (Å²) in [4.78, 5) is 4.41. The van der Waals surface area contributed by atoms with Crippen LogP contribution in [0.2, 0.25) is 0 Å². The molecular weight excluding hydrogens is 204 g/mol. The second kappa shape index (κ2) is 4.99. The Hall–Kier alpha value is -1.55. The van der Waals surface area contributed by atoms with Gasteiger partial charge in [0.05, 0.1) is 17.5 Å². The SMILES string of the molecule is CCNCc1coc(-c2ccoc2CC)n1. The summed E-state index contributed by atoms with van der Waals surface area (Å²) in [6, 6.07) is 1.89. The van der Waals surface area contributed by atoms with Gasteiger partial charge in [0.1, 0.15) is 12.0 Å². The van der Waals surface area contributed by atoms with Crippen molar-refractivity contribution in [1.82, 2.24) is 10.3 Å².